The summed E-state index contributed by atoms with van der Waals surface area (Å²) in [5.74, 6) is -2.15. The lowest BCUT2D eigenvalue weighted by Crippen LogP contribution is -2.60. The van der Waals surface area contributed by atoms with Gasteiger partial charge in [0.2, 0.25) is 16.1 Å². The van der Waals surface area contributed by atoms with E-state index in [2.05, 4.69) is 37.6 Å². The fourth-order valence-electron chi connectivity index (χ4n) is 13.3. The second-order valence-electron chi connectivity index (χ2n) is 23.9. The standard InChI is InChI=1S/C14H20O3.C13H16O7S.C11H17NO4S.C10H16O2.C8H10O4/c1-9(2)12(15)17-14-6-10-3-11(7-14)5-13(16,4-10)8-14;1-6(2)13(15)18-5-10(14)19-11-7-3-8-9(4-7)21(16,17)20-12(8)11;1-6(2)11(13)16-9-4-8-3-7(9)5-10(8)17(12,14)15;1-8(2)9(11)12-10(3)6-4-5-7-10;1-5(2)7(9)12-6-3-4-11-8(6)10/h10-11,16H,1,3-8H2,2H3;7-9,11-12H,1,3-5H2,2H3;7-10H,1,3-5H2,2H3,(H2,12,14,15);1,4-7H2,2-3H3;6H,1,3-4H2,2H3. The van der Waals surface area contributed by atoms with Crippen LogP contribution in [-0.2, 0) is 91.0 Å². The second-order valence-corrected chi connectivity index (χ2v) is 27.4. The summed E-state index contributed by atoms with van der Waals surface area (Å²) in [6.07, 6.45) is 11.3. The first-order valence-electron chi connectivity index (χ1n) is 27.0. The number of ether oxygens (including phenoxy) is 7. The summed E-state index contributed by atoms with van der Waals surface area (Å²) >= 11 is 0. The van der Waals surface area contributed by atoms with Crippen molar-refractivity contribution in [3.63, 3.8) is 0 Å². The Balaban J connectivity index is 0.000000162. The molecule has 0 aromatic rings. The predicted molar refractivity (Wildman–Crippen MR) is 283 cm³/mol. The van der Waals surface area contributed by atoms with Crippen LogP contribution in [0.5, 0.6) is 0 Å². The minimum Gasteiger partial charge on any atom is -0.463 e. The van der Waals surface area contributed by atoms with Crippen LogP contribution < -0.4 is 5.14 Å². The Morgan fingerprint density at radius 3 is 1.75 bits per heavy atom. The number of sulfonamides is 1. The number of hydrogen-bond donors (Lipinski definition) is 2. The van der Waals surface area contributed by atoms with Crippen molar-refractivity contribution in [1.82, 2.24) is 0 Å². The van der Waals surface area contributed by atoms with Gasteiger partial charge in [0.05, 0.1) is 22.7 Å². The molecule has 2 saturated heterocycles. The number of hydrogen-bond acceptors (Lipinski definition) is 20. The molecule has 9 saturated carbocycles. The largest absolute Gasteiger partial charge is 0.463 e. The number of carbonyl (C=O) groups is 7. The molecule has 3 N–H and O–H groups in total. The van der Waals surface area contributed by atoms with E-state index in [-0.39, 0.29) is 58.5 Å². The maximum atomic E-state index is 11.8. The molecule has 23 heteroatoms. The van der Waals surface area contributed by atoms with Gasteiger partial charge in [-0.05, 0) is 155 Å². The van der Waals surface area contributed by atoms with Crippen LogP contribution >= 0.6 is 0 Å². The SMILES string of the molecule is C=C(C)C(=O)OC1(C)CCCC1.C=C(C)C(=O)OC12CC3CC(CC(O)(C3)C1)C2.C=C(C)C(=O)OC1CC2CC1CC2S(N)(=O)=O.C=C(C)C(=O)OC1CCOC1=O.C=C(C)C(=O)OCC(=O)OC1C2CC3C1OS(=O)(=O)C3C2. The van der Waals surface area contributed by atoms with E-state index >= 15 is 0 Å². The summed E-state index contributed by atoms with van der Waals surface area (Å²) in [4.78, 5) is 78.9. The summed E-state index contributed by atoms with van der Waals surface area (Å²) in [5.41, 5.74) is 0.613. The van der Waals surface area contributed by atoms with Crippen LogP contribution in [-0.4, -0.2) is 129 Å². The minimum absolute atomic E-state index is 0.00284. The van der Waals surface area contributed by atoms with Crippen LogP contribution in [0.15, 0.2) is 60.8 Å². The first-order chi connectivity index (χ1) is 36.6. The van der Waals surface area contributed by atoms with Gasteiger partial charge in [0.15, 0.2) is 6.61 Å². The maximum absolute atomic E-state index is 11.8. The Morgan fingerprint density at radius 1 is 0.696 bits per heavy atom. The summed E-state index contributed by atoms with van der Waals surface area (Å²) in [6, 6.07) is 0. The molecule has 2 aliphatic heterocycles. The molecular formula is C56H79NO20S2. The van der Waals surface area contributed by atoms with E-state index in [0.29, 0.717) is 73.7 Å². The van der Waals surface area contributed by atoms with Gasteiger partial charge in [-0.1, -0.05) is 32.9 Å². The summed E-state index contributed by atoms with van der Waals surface area (Å²) in [7, 11) is -6.98. The molecule has 0 spiro atoms. The van der Waals surface area contributed by atoms with Crippen molar-refractivity contribution < 1.29 is 92.8 Å². The molecule has 11 aliphatic rings. The highest BCUT2D eigenvalue weighted by atomic mass is 32.2. The van der Waals surface area contributed by atoms with Crippen LogP contribution in [0.3, 0.4) is 0 Å². The molecule has 440 valence electrons. The molecule has 2 heterocycles. The zero-order valence-corrected chi connectivity index (χ0v) is 47.9. The van der Waals surface area contributed by atoms with E-state index in [4.69, 9.17) is 37.7 Å². The minimum atomic E-state index is -3.53. The summed E-state index contributed by atoms with van der Waals surface area (Å²) < 4.78 is 86.9. The van der Waals surface area contributed by atoms with Crippen molar-refractivity contribution in [3.8, 4) is 0 Å². The monoisotopic (exact) mass is 1150 g/mol. The number of rotatable bonds is 13. The first-order valence-corrected chi connectivity index (χ1v) is 30.1. The Hall–Kier alpha value is -5.23. The van der Waals surface area contributed by atoms with Crippen LogP contribution in [0, 0.1) is 35.5 Å². The fraction of sp³-hybridized carbons (Fsp3) is 0.696. The number of esters is 7. The number of nitrogens with two attached hydrogens (primary N) is 1. The van der Waals surface area contributed by atoms with Gasteiger partial charge >= 0.3 is 41.8 Å². The van der Waals surface area contributed by atoms with Gasteiger partial charge < -0.3 is 38.3 Å². The molecule has 12 atom stereocenters. The van der Waals surface area contributed by atoms with E-state index in [1.54, 1.807) is 20.8 Å². The molecule has 0 amide bonds. The van der Waals surface area contributed by atoms with E-state index < -0.39 is 96.6 Å². The van der Waals surface area contributed by atoms with Crippen molar-refractivity contribution in [3.05, 3.63) is 60.8 Å². The lowest BCUT2D eigenvalue weighted by Gasteiger charge is -2.59. The highest BCUT2D eigenvalue weighted by Gasteiger charge is 2.65. The molecule has 11 fully saturated rings. The third-order valence-corrected chi connectivity index (χ3v) is 19.8. The zero-order chi connectivity index (χ0) is 58.7. The van der Waals surface area contributed by atoms with Crippen LogP contribution in [0.25, 0.3) is 0 Å². The average Bonchev–Trinajstić information content (AvgIpc) is 4.36. The van der Waals surface area contributed by atoms with E-state index in [9.17, 15) is 55.5 Å². The van der Waals surface area contributed by atoms with Crippen LogP contribution in [0.4, 0.5) is 0 Å². The number of aliphatic hydroxyl groups is 1. The van der Waals surface area contributed by atoms with Gasteiger partial charge in [-0.2, -0.15) is 8.42 Å². The smallest absolute Gasteiger partial charge is 0.347 e. The molecular weight excluding hydrogens is 1070 g/mol. The highest BCUT2D eigenvalue weighted by Crippen LogP contribution is 2.59. The number of cyclic esters (lactones) is 1. The van der Waals surface area contributed by atoms with Crippen LogP contribution in [0.2, 0.25) is 0 Å². The number of primary sulfonamides is 1. The molecule has 0 aromatic heterocycles. The topological polar surface area (TPSA) is 308 Å². The molecule has 0 aromatic carbocycles. The van der Waals surface area contributed by atoms with Crippen molar-refractivity contribution >= 4 is 61.9 Å². The number of carbonyl (C=O) groups excluding carboxylic acids is 7. The molecule has 11 rings (SSSR count). The van der Waals surface area contributed by atoms with Crippen molar-refractivity contribution in [1.29, 1.82) is 0 Å². The van der Waals surface area contributed by atoms with Gasteiger partial charge in [0, 0.05) is 52.5 Å². The Labute approximate surface area is 463 Å². The van der Waals surface area contributed by atoms with E-state index in [1.165, 1.54) is 33.1 Å². The Bertz CT molecular complexity index is 2690. The second kappa shape index (κ2) is 24.9. The molecule has 8 bridgehead atoms. The van der Waals surface area contributed by atoms with Gasteiger partial charge in [-0.25, -0.2) is 47.1 Å². The maximum Gasteiger partial charge on any atom is 0.347 e. The zero-order valence-electron chi connectivity index (χ0n) is 46.3. The van der Waals surface area contributed by atoms with Gasteiger partial charge in [-0.3, -0.25) is 4.18 Å². The third kappa shape index (κ3) is 15.8. The number of fused-ring (bicyclic) bond motifs is 3. The third-order valence-electron chi connectivity index (χ3n) is 16.6. The lowest BCUT2D eigenvalue weighted by atomic mass is 9.52. The fourth-order valence-corrected chi connectivity index (χ4v) is 16.5. The molecule has 21 nitrogen and oxygen atoms in total. The van der Waals surface area contributed by atoms with Crippen molar-refractivity contribution in [2.45, 2.75) is 196 Å². The van der Waals surface area contributed by atoms with Gasteiger partial charge in [-0.15, -0.1) is 0 Å². The quantitative estimate of drug-likeness (QED) is 0.0957. The predicted octanol–water partition coefficient (Wildman–Crippen LogP) is 5.76. The molecule has 12 unspecified atom stereocenters. The molecule has 79 heavy (non-hydrogen) atoms. The van der Waals surface area contributed by atoms with E-state index in [0.717, 1.165) is 44.9 Å². The Kier molecular flexibility index (Phi) is 19.8. The van der Waals surface area contributed by atoms with Crippen molar-refractivity contribution in [2.75, 3.05) is 13.2 Å². The summed E-state index contributed by atoms with van der Waals surface area (Å²) in [5, 5.41) is 14.8. The highest BCUT2D eigenvalue weighted by molar-refractivity contribution is 7.89. The molecule has 0 radical (unpaired) electrons. The van der Waals surface area contributed by atoms with Gasteiger partial charge in [0.25, 0.3) is 10.1 Å². The summed E-state index contributed by atoms with van der Waals surface area (Å²) in [6.45, 7) is 27.3. The normalized spacial score (nSPS) is 34.4. The first kappa shape index (κ1) is 63.0. The van der Waals surface area contributed by atoms with E-state index in [1.807, 2.05) is 6.92 Å². The molecule has 9 aliphatic carbocycles. The van der Waals surface area contributed by atoms with Crippen LogP contribution in [0.1, 0.15) is 144 Å². The van der Waals surface area contributed by atoms with Crippen molar-refractivity contribution in [2.24, 2.45) is 40.6 Å². The lowest BCUT2D eigenvalue weighted by molar-refractivity contribution is -0.217. The Morgan fingerprint density at radius 2 is 1.25 bits per heavy atom. The average molecular weight is 1150 g/mol. The van der Waals surface area contributed by atoms with Gasteiger partial charge in [0.1, 0.15) is 29.5 Å².